The number of aromatic amines is 2. The predicted molar refractivity (Wildman–Crippen MR) is 270 cm³/mol. The van der Waals surface area contributed by atoms with E-state index in [1.807, 2.05) is 0 Å². The van der Waals surface area contributed by atoms with Gasteiger partial charge in [-0.05, 0) is 120 Å². The molecule has 3 aliphatic rings. The van der Waals surface area contributed by atoms with Gasteiger partial charge in [0.05, 0.1) is 171 Å². The molecule has 72 heavy (non-hydrogen) atoms. The molecular weight excluding hydrogens is 937 g/mol. The number of nitrogens with one attached hydrogen (secondary N) is 4. The van der Waals surface area contributed by atoms with Crippen LogP contribution in [0.2, 0.25) is 0 Å². The number of fused-ring (bicyclic) bond motifs is 8. The molecule has 5 heterocycles. The Morgan fingerprint density at radius 1 is 0.319 bits per heavy atom. The molecule has 0 aromatic carbocycles. The first-order valence-corrected chi connectivity index (χ1v) is 25.5. The molecule has 8 bridgehead atoms. The van der Waals surface area contributed by atoms with Gasteiger partial charge in [-0.15, -0.1) is 0 Å². The first kappa shape index (κ1) is 59.1. The molecule has 0 saturated heterocycles. The van der Waals surface area contributed by atoms with Crippen LogP contribution in [-0.2, 0) is 63.6 Å². The van der Waals surface area contributed by atoms with Crippen molar-refractivity contribution in [3.63, 3.8) is 0 Å². The number of H-pyrrole nitrogens is 2. The summed E-state index contributed by atoms with van der Waals surface area (Å²) in [6, 6.07) is -0.704. The maximum Gasteiger partial charge on any atom is 0.0697 e. The molecule has 12 N–H and O–H groups in total. The summed E-state index contributed by atoms with van der Waals surface area (Å²) >= 11 is 0. The van der Waals surface area contributed by atoms with Crippen molar-refractivity contribution >= 4 is 24.3 Å². The van der Waals surface area contributed by atoms with E-state index in [0.29, 0.717) is 104 Å². The van der Waals surface area contributed by atoms with E-state index in [-0.39, 0.29) is 118 Å². The number of aromatic nitrogens is 2. The van der Waals surface area contributed by atoms with Crippen LogP contribution in [0.4, 0.5) is 0 Å². The van der Waals surface area contributed by atoms with Crippen molar-refractivity contribution in [3.05, 3.63) is 78.0 Å². The lowest BCUT2D eigenvalue weighted by Gasteiger charge is -2.13. The second-order valence-corrected chi connectivity index (χ2v) is 17.2. The Bertz CT molecular complexity index is 1990. The molecule has 2 atom stereocenters. The minimum absolute atomic E-state index is 0.112. The van der Waals surface area contributed by atoms with Gasteiger partial charge in [0.1, 0.15) is 0 Å². The number of hydrogen-bond donors (Lipinski definition) is 12. The molecule has 0 fully saturated rings. The number of hydrogen-bond acceptors (Lipinski definition) is 18. The summed E-state index contributed by atoms with van der Waals surface area (Å²) in [7, 11) is 0. The third kappa shape index (κ3) is 18.3. The number of ether oxygens (including phenoxy) is 8. The van der Waals surface area contributed by atoms with Crippen LogP contribution in [-0.4, -0.2) is 221 Å². The van der Waals surface area contributed by atoms with Crippen LogP contribution in [0.25, 0.3) is 24.3 Å². The molecule has 5 rings (SSSR count). The first-order valence-electron chi connectivity index (χ1n) is 25.5. The van der Waals surface area contributed by atoms with Gasteiger partial charge in [-0.25, -0.2) is 0 Å². The van der Waals surface area contributed by atoms with Crippen molar-refractivity contribution in [3.8, 4) is 0 Å². The third-order valence-electron chi connectivity index (χ3n) is 12.5. The summed E-state index contributed by atoms with van der Waals surface area (Å²) in [5.41, 5.74) is 11.5. The average molecular weight is 1020 g/mol. The molecule has 0 saturated carbocycles. The smallest absolute Gasteiger partial charge is 0.0697 e. The van der Waals surface area contributed by atoms with E-state index < -0.39 is 0 Å². The van der Waals surface area contributed by atoms with Crippen LogP contribution in [0.15, 0.2) is 33.7 Å². The lowest BCUT2D eigenvalue weighted by atomic mass is 9.96. The molecule has 0 radical (unpaired) electrons. The zero-order valence-corrected chi connectivity index (χ0v) is 41.9. The highest BCUT2D eigenvalue weighted by Gasteiger charge is 2.31. The van der Waals surface area contributed by atoms with Crippen molar-refractivity contribution in [1.29, 1.82) is 0 Å². The summed E-state index contributed by atoms with van der Waals surface area (Å²) < 4.78 is 47.1. The molecule has 0 aliphatic carbocycles. The fourth-order valence-corrected chi connectivity index (χ4v) is 9.43. The number of aliphatic hydroxyl groups is 8. The molecule has 0 spiro atoms. The van der Waals surface area contributed by atoms with E-state index in [9.17, 15) is 40.9 Å². The molecule has 2 aromatic heterocycles. The fourth-order valence-electron chi connectivity index (χ4n) is 9.43. The summed E-state index contributed by atoms with van der Waals surface area (Å²) in [6.07, 6.45) is 12.7. The van der Waals surface area contributed by atoms with E-state index in [1.54, 1.807) is 0 Å². The van der Waals surface area contributed by atoms with Crippen molar-refractivity contribution in [2.45, 2.75) is 63.5 Å². The first-order chi connectivity index (χ1) is 35.5. The Labute approximate surface area is 422 Å². The van der Waals surface area contributed by atoms with Gasteiger partial charge < -0.3 is 99.3 Å². The molecule has 20 heteroatoms. The fraction of sp³-hybridized carbons (Fsp3) is 0.654. The number of aliphatic hydroxyl groups excluding tert-OH is 8. The lowest BCUT2D eigenvalue weighted by molar-refractivity contribution is 0.0922. The van der Waals surface area contributed by atoms with Gasteiger partial charge in [-0.1, -0.05) is 0 Å². The van der Waals surface area contributed by atoms with Crippen molar-refractivity contribution in [1.82, 2.24) is 20.6 Å². The second-order valence-electron chi connectivity index (χ2n) is 17.2. The highest BCUT2D eigenvalue weighted by molar-refractivity contribution is 5.71. The van der Waals surface area contributed by atoms with Crippen LogP contribution in [0.3, 0.4) is 0 Å². The third-order valence-corrected chi connectivity index (χ3v) is 12.5. The van der Waals surface area contributed by atoms with Gasteiger partial charge in [0.2, 0.25) is 0 Å². The molecular formula is C52H82N4O16. The van der Waals surface area contributed by atoms with Gasteiger partial charge >= 0.3 is 0 Å². The maximum atomic E-state index is 9.63. The zero-order valence-electron chi connectivity index (χ0n) is 41.9. The highest BCUT2D eigenvalue weighted by atomic mass is 16.5. The minimum Gasteiger partial charge on any atom is -0.394 e. The van der Waals surface area contributed by atoms with Crippen molar-refractivity contribution < 1.29 is 78.7 Å². The lowest BCUT2D eigenvalue weighted by Crippen LogP contribution is -2.28. The van der Waals surface area contributed by atoms with E-state index in [4.69, 9.17) is 37.9 Å². The van der Waals surface area contributed by atoms with Gasteiger partial charge in [-0.2, -0.15) is 0 Å². The number of rotatable bonds is 40. The second kappa shape index (κ2) is 34.7. The molecule has 0 amide bonds. The Hall–Kier alpha value is -3.78. The monoisotopic (exact) mass is 1020 g/mol. The molecule has 406 valence electrons. The topological polar surface area (TPSA) is 291 Å². The largest absolute Gasteiger partial charge is 0.394 e. The Balaban J connectivity index is 1.87. The van der Waals surface area contributed by atoms with Gasteiger partial charge in [0, 0.05) is 33.5 Å². The summed E-state index contributed by atoms with van der Waals surface area (Å²) in [6.45, 7) is 3.27. The van der Waals surface area contributed by atoms with Crippen LogP contribution in [0.5, 0.6) is 0 Å². The summed E-state index contributed by atoms with van der Waals surface area (Å²) in [5.74, 6) is 0. The van der Waals surface area contributed by atoms with Crippen LogP contribution in [0, 0.1) is 0 Å². The Morgan fingerprint density at radius 3 is 0.903 bits per heavy atom. The Kier molecular flexibility index (Phi) is 28.5. The predicted octanol–water partition coefficient (Wildman–Crippen LogP) is -1.36. The SMILES string of the molecule is OCCOCCC1=C(CCOCCO)C2/C=c3\[nH]/c(c(CCOCCO)c3CCOCCO)=C\C3N/C(=C\c4[nH]c(c(CCOCCO)c4CCOCCO)C=C1N2)C(CCOCCO)=C3CCOCCO. The summed E-state index contributed by atoms with van der Waals surface area (Å²) in [4.78, 5) is 7.62. The normalized spacial score (nSPS) is 18.2. The van der Waals surface area contributed by atoms with Crippen molar-refractivity contribution in [2.24, 2.45) is 0 Å². The standard InChI is InChI=1S/C52H82N4O16/c57-9-25-65-17-1-37-38(2-18-66-26-10-58)46-34-48-41(5-21-69-29-13-61)42(6-22-70-30-14-62)50(55-48)36-52-44(8-24-72-32-16-64)43(7-23-71-31-15-63)51(56-52)35-49-40(4-20-68-28-12-60)39(3-19-67-27-11-59)47(54-49)33-45(37)53-46/h33-36,45,51,53-64H,1-32H2/b46-34-,47-33-,49-35-,52-36?. The van der Waals surface area contributed by atoms with Gasteiger partial charge in [0.25, 0.3) is 0 Å². The van der Waals surface area contributed by atoms with E-state index in [2.05, 4.69) is 44.9 Å². The highest BCUT2D eigenvalue weighted by Crippen LogP contribution is 2.36. The van der Waals surface area contributed by atoms with Crippen LogP contribution >= 0.6 is 0 Å². The minimum atomic E-state index is -0.352. The Morgan fingerprint density at radius 2 is 0.597 bits per heavy atom. The quantitative estimate of drug-likeness (QED) is 0.0343. The molecule has 2 aromatic rings. The maximum absolute atomic E-state index is 9.63. The molecule has 2 unspecified atom stereocenters. The average Bonchev–Trinajstić information content (AvgIpc) is 4.09. The van der Waals surface area contributed by atoms with Gasteiger partial charge in [-0.3, -0.25) is 0 Å². The van der Waals surface area contributed by atoms with Crippen LogP contribution < -0.4 is 21.3 Å². The summed E-state index contributed by atoms with van der Waals surface area (Å²) in [5, 5.41) is 86.5. The molecule has 20 nitrogen and oxygen atoms in total. The van der Waals surface area contributed by atoms with E-state index in [1.165, 1.54) is 0 Å². The van der Waals surface area contributed by atoms with Crippen molar-refractivity contribution in [2.75, 3.05) is 159 Å². The van der Waals surface area contributed by atoms with Crippen LogP contribution in [0.1, 0.15) is 59.3 Å². The molecule has 3 aliphatic heterocycles. The zero-order chi connectivity index (χ0) is 51.2. The number of allylic oxidation sites excluding steroid dienone is 2. The van der Waals surface area contributed by atoms with E-state index >= 15 is 0 Å². The van der Waals surface area contributed by atoms with Gasteiger partial charge in [0.15, 0.2) is 0 Å². The van der Waals surface area contributed by atoms with E-state index in [0.717, 1.165) is 78.0 Å².